The molecule has 0 spiro atoms. The topological polar surface area (TPSA) is 70.9 Å². The van der Waals surface area contributed by atoms with E-state index in [1.165, 1.54) is 23.6 Å². The van der Waals surface area contributed by atoms with Gasteiger partial charge in [0, 0.05) is 10.1 Å². The van der Waals surface area contributed by atoms with Gasteiger partial charge in [-0.3, -0.25) is 4.79 Å². The summed E-state index contributed by atoms with van der Waals surface area (Å²) >= 11 is 7.59. The third kappa shape index (κ3) is 3.75. The second-order valence-electron chi connectivity index (χ2n) is 5.10. The van der Waals surface area contributed by atoms with E-state index in [9.17, 15) is 9.90 Å². The molecular formula is C18H15ClN2O3S. The van der Waals surface area contributed by atoms with E-state index in [4.69, 9.17) is 16.3 Å². The number of benzene rings is 2. The first-order valence-corrected chi connectivity index (χ1v) is 8.76. The number of nitrogens with one attached hydrogen (secondary N) is 1. The van der Waals surface area contributed by atoms with Gasteiger partial charge in [-0.25, -0.2) is 5.43 Å². The quantitative estimate of drug-likeness (QED) is 0.513. The second-order valence-corrected chi connectivity index (χ2v) is 6.53. The van der Waals surface area contributed by atoms with E-state index >= 15 is 0 Å². The Labute approximate surface area is 153 Å². The van der Waals surface area contributed by atoms with Gasteiger partial charge in [-0.2, -0.15) is 5.10 Å². The lowest BCUT2D eigenvalue weighted by Gasteiger charge is -2.05. The Morgan fingerprint density at radius 2 is 2.16 bits per heavy atom. The minimum atomic E-state index is -0.369. The van der Waals surface area contributed by atoms with Crippen molar-refractivity contribution in [3.05, 3.63) is 57.9 Å². The Balaban J connectivity index is 1.74. The fourth-order valence-electron chi connectivity index (χ4n) is 2.26. The highest BCUT2D eigenvalue weighted by Crippen LogP contribution is 2.35. The highest BCUT2D eigenvalue weighted by molar-refractivity contribution is 7.21. The number of rotatable bonds is 5. The standard InChI is InChI=1S/C18H15ClN2O3S/c1-2-24-14-9-11(7-8-13(14)22)10-20-21-18(23)17-16(19)12-5-3-4-6-15(12)25-17/h3-10,22H,2H2,1H3,(H,21,23)/b20-10+. The molecule has 0 aliphatic carbocycles. The number of halogens is 1. The lowest BCUT2D eigenvalue weighted by atomic mass is 10.2. The summed E-state index contributed by atoms with van der Waals surface area (Å²) < 4.78 is 6.25. The van der Waals surface area contributed by atoms with Gasteiger partial charge in [0.15, 0.2) is 11.5 Å². The maximum atomic E-state index is 12.3. The number of amides is 1. The molecule has 0 saturated carbocycles. The second kappa shape index (κ2) is 7.55. The molecule has 3 rings (SSSR count). The molecule has 0 aliphatic heterocycles. The van der Waals surface area contributed by atoms with Crippen LogP contribution in [0.25, 0.3) is 10.1 Å². The molecule has 25 heavy (non-hydrogen) atoms. The summed E-state index contributed by atoms with van der Waals surface area (Å²) in [6, 6.07) is 12.4. The van der Waals surface area contributed by atoms with Gasteiger partial charge in [0.25, 0.3) is 5.91 Å². The largest absolute Gasteiger partial charge is 0.504 e. The highest BCUT2D eigenvalue weighted by Gasteiger charge is 2.16. The van der Waals surface area contributed by atoms with Crippen molar-refractivity contribution < 1.29 is 14.6 Å². The number of phenols is 1. The van der Waals surface area contributed by atoms with Crippen LogP contribution >= 0.6 is 22.9 Å². The number of nitrogens with zero attached hydrogens (tertiary/aromatic N) is 1. The van der Waals surface area contributed by atoms with Crippen molar-refractivity contribution in [2.75, 3.05) is 6.61 Å². The molecule has 2 aromatic carbocycles. The summed E-state index contributed by atoms with van der Waals surface area (Å²) in [4.78, 5) is 12.7. The Hall–Kier alpha value is -2.57. The number of ether oxygens (including phenoxy) is 1. The van der Waals surface area contributed by atoms with Gasteiger partial charge >= 0.3 is 0 Å². The average molecular weight is 375 g/mol. The first-order valence-electron chi connectivity index (χ1n) is 7.56. The van der Waals surface area contributed by atoms with E-state index < -0.39 is 0 Å². The maximum Gasteiger partial charge on any atom is 0.283 e. The van der Waals surface area contributed by atoms with Gasteiger partial charge in [0.1, 0.15) is 4.88 Å². The number of fused-ring (bicyclic) bond motifs is 1. The molecule has 0 radical (unpaired) electrons. The Kier molecular flexibility index (Phi) is 5.21. The van der Waals surface area contributed by atoms with Gasteiger partial charge in [-0.05, 0) is 36.8 Å². The SMILES string of the molecule is CCOc1cc(/C=N/NC(=O)c2sc3ccccc3c2Cl)ccc1O. The first-order chi connectivity index (χ1) is 12.1. The smallest absolute Gasteiger partial charge is 0.283 e. The minimum Gasteiger partial charge on any atom is -0.504 e. The predicted molar refractivity (Wildman–Crippen MR) is 101 cm³/mol. The summed E-state index contributed by atoms with van der Waals surface area (Å²) in [5, 5.41) is 14.9. The third-order valence-electron chi connectivity index (χ3n) is 3.40. The van der Waals surface area contributed by atoms with Gasteiger partial charge < -0.3 is 9.84 Å². The molecule has 0 fully saturated rings. The Morgan fingerprint density at radius 3 is 2.92 bits per heavy atom. The molecule has 1 heterocycles. The molecule has 0 saturated heterocycles. The number of aromatic hydroxyl groups is 1. The summed E-state index contributed by atoms with van der Waals surface area (Å²) in [7, 11) is 0. The maximum absolute atomic E-state index is 12.3. The van der Waals surface area contributed by atoms with Crippen LogP contribution in [0.15, 0.2) is 47.6 Å². The zero-order valence-corrected chi connectivity index (χ0v) is 14.9. The van der Waals surface area contributed by atoms with Crippen molar-refractivity contribution in [1.29, 1.82) is 0 Å². The number of carbonyl (C=O) groups excluding carboxylic acids is 1. The van der Waals surface area contributed by atoms with Gasteiger partial charge in [-0.15, -0.1) is 11.3 Å². The Bertz CT molecular complexity index is 953. The number of phenolic OH excluding ortho intramolecular Hbond substituents is 1. The Morgan fingerprint density at radius 1 is 1.36 bits per heavy atom. The fraction of sp³-hybridized carbons (Fsp3) is 0.111. The fourth-order valence-corrected chi connectivity index (χ4v) is 3.67. The average Bonchev–Trinajstić information content (AvgIpc) is 2.95. The van der Waals surface area contributed by atoms with E-state index in [0.29, 0.717) is 27.8 Å². The van der Waals surface area contributed by atoms with E-state index in [-0.39, 0.29) is 11.7 Å². The molecule has 3 aromatic rings. The molecule has 128 valence electrons. The zero-order valence-electron chi connectivity index (χ0n) is 13.3. The van der Waals surface area contributed by atoms with Crippen LogP contribution in [0.2, 0.25) is 5.02 Å². The molecule has 7 heteroatoms. The lowest BCUT2D eigenvalue weighted by molar-refractivity contribution is 0.0959. The van der Waals surface area contributed by atoms with Crippen molar-refractivity contribution in [3.63, 3.8) is 0 Å². The van der Waals surface area contributed by atoms with E-state index in [1.54, 1.807) is 12.1 Å². The predicted octanol–water partition coefficient (Wildman–Crippen LogP) is 4.42. The van der Waals surface area contributed by atoms with Crippen LogP contribution in [0.5, 0.6) is 11.5 Å². The van der Waals surface area contributed by atoms with Crippen molar-refractivity contribution in [2.45, 2.75) is 6.92 Å². The van der Waals surface area contributed by atoms with Crippen LogP contribution in [-0.2, 0) is 0 Å². The van der Waals surface area contributed by atoms with Crippen LogP contribution in [0.4, 0.5) is 0 Å². The summed E-state index contributed by atoms with van der Waals surface area (Å²) in [6.07, 6.45) is 1.47. The molecule has 0 aliphatic rings. The minimum absolute atomic E-state index is 0.0556. The van der Waals surface area contributed by atoms with Crippen LogP contribution in [0.1, 0.15) is 22.2 Å². The number of thiophene rings is 1. The molecule has 0 unspecified atom stereocenters. The number of carbonyl (C=O) groups is 1. The van der Waals surface area contributed by atoms with Gasteiger partial charge in [-0.1, -0.05) is 29.8 Å². The summed E-state index contributed by atoms with van der Waals surface area (Å²) in [5.41, 5.74) is 3.15. The molecular weight excluding hydrogens is 360 g/mol. The van der Waals surface area contributed by atoms with Crippen LogP contribution < -0.4 is 10.2 Å². The van der Waals surface area contributed by atoms with E-state index in [1.807, 2.05) is 31.2 Å². The van der Waals surface area contributed by atoms with Crippen LogP contribution in [0.3, 0.4) is 0 Å². The van der Waals surface area contributed by atoms with Crippen molar-refractivity contribution in [2.24, 2.45) is 5.10 Å². The molecule has 5 nitrogen and oxygen atoms in total. The zero-order chi connectivity index (χ0) is 17.8. The number of hydrogen-bond donors (Lipinski definition) is 2. The normalized spacial score (nSPS) is 11.1. The van der Waals surface area contributed by atoms with E-state index in [2.05, 4.69) is 10.5 Å². The van der Waals surface area contributed by atoms with Crippen LogP contribution in [-0.4, -0.2) is 23.8 Å². The first kappa shape index (κ1) is 17.3. The van der Waals surface area contributed by atoms with Crippen molar-refractivity contribution >= 4 is 45.1 Å². The third-order valence-corrected chi connectivity index (χ3v) is 5.08. The summed E-state index contributed by atoms with van der Waals surface area (Å²) in [6.45, 7) is 2.27. The van der Waals surface area contributed by atoms with Crippen molar-refractivity contribution in [1.82, 2.24) is 5.43 Å². The van der Waals surface area contributed by atoms with Crippen LogP contribution in [0, 0.1) is 0 Å². The molecule has 1 aromatic heterocycles. The molecule has 2 N–H and O–H groups in total. The van der Waals surface area contributed by atoms with Crippen molar-refractivity contribution in [3.8, 4) is 11.5 Å². The molecule has 1 amide bonds. The summed E-state index contributed by atoms with van der Waals surface area (Å²) in [5.74, 6) is 0.0525. The molecule has 0 bridgehead atoms. The number of hydrogen-bond acceptors (Lipinski definition) is 5. The molecule has 0 atom stereocenters. The van der Waals surface area contributed by atoms with Gasteiger partial charge in [0.05, 0.1) is 17.8 Å². The monoisotopic (exact) mass is 374 g/mol. The highest BCUT2D eigenvalue weighted by atomic mass is 35.5. The van der Waals surface area contributed by atoms with Gasteiger partial charge in [0.2, 0.25) is 0 Å². The number of hydrazone groups is 1. The lowest BCUT2D eigenvalue weighted by Crippen LogP contribution is -2.16. The van der Waals surface area contributed by atoms with E-state index in [0.717, 1.165) is 10.1 Å².